The van der Waals surface area contributed by atoms with Crippen LogP contribution in [0.5, 0.6) is 0 Å². The quantitative estimate of drug-likeness (QED) is 0.300. The van der Waals surface area contributed by atoms with Crippen LogP contribution >= 0.6 is 0 Å². The molecule has 0 aliphatic heterocycles. The molecule has 11 heteroatoms. The first-order valence-electron chi connectivity index (χ1n) is 11.9. The number of carbonyl (C=O) groups is 3. The Bertz CT molecular complexity index is 1620. The maximum atomic E-state index is 13.6. The van der Waals surface area contributed by atoms with Crippen LogP contribution in [0.25, 0.3) is 16.8 Å². The Hall–Kier alpha value is -4.77. The largest absolute Gasteiger partial charge is 0.435 e. The molecule has 5 rings (SSSR count). The summed E-state index contributed by atoms with van der Waals surface area (Å²) in [5.74, 6) is -1.35. The predicted octanol–water partition coefficient (Wildman–Crippen LogP) is 4.32. The van der Waals surface area contributed by atoms with Gasteiger partial charge in [0, 0.05) is 29.4 Å². The topological polar surface area (TPSA) is 119 Å². The van der Waals surface area contributed by atoms with E-state index >= 15 is 0 Å². The minimum atomic E-state index is -4.79. The van der Waals surface area contributed by atoms with Crippen LogP contribution in [0.2, 0.25) is 0 Å². The molecule has 2 amide bonds. The van der Waals surface area contributed by atoms with Crippen LogP contribution in [-0.2, 0) is 17.5 Å². The van der Waals surface area contributed by atoms with Gasteiger partial charge >= 0.3 is 6.18 Å². The predicted molar refractivity (Wildman–Crippen MR) is 137 cm³/mol. The third-order valence-corrected chi connectivity index (χ3v) is 6.25. The number of halogens is 3. The van der Waals surface area contributed by atoms with Gasteiger partial charge in [-0.15, -0.1) is 0 Å². The number of fused-ring (bicyclic) bond motifs is 3. The molecule has 3 aromatic carbocycles. The normalized spacial score (nSPS) is 13.0. The van der Waals surface area contributed by atoms with E-state index in [-0.39, 0.29) is 23.7 Å². The second-order valence-corrected chi connectivity index (χ2v) is 9.09. The van der Waals surface area contributed by atoms with E-state index in [1.165, 1.54) is 25.1 Å². The number of nitrogens with one attached hydrogen (secondary N) is 2. The molecule has 1 heterocycles. The van der Waals surface area contributed by atoms with Gasteiger partial charge in [0.05, 0.1) is 11.7 Å². The summed E-state index contributed by atoms with van der Waals surface area (Å²) in [6.45, 7) is 1.61. The summed E-state index contributed by atoms with van der Waals surface area (Å²) in [6.07, 6.45) is -4.79. The molecule has 1 aliphatic rings. The van der Waals surface area contributed by atoms with Gasteiger partial charge in [-0.1, -0.05) is 36.4 Å². The zero-order valence-corrected chi connectivity index (χ0v) is 20.5. The molecule has 198 valence electrons. The SMILES string of the molecule is C[C@H](N)C(=O)NCc1cccc(-n2nc(C(F)(F)F)cc2C(=O)Nc2ccc3c(c2)-c2ccccc2C3=O)c1. The number of aromatic nitrogens is 2. The molecule has 1 aromatic heterocycles. The number of amides is 2. The fourth-order valence-electron chi connectivity index (χ4n) is 4.33. The number of ketones is 1. The van der Waals surface area contributed by atoms with E-state index in [0.717, 1.165) is 4.68 Å². The Morgan fingerprint density at radius 1 is 0.949 bits per heavy atom. The average Bonchev–Trinajstić information content (AvgIpc) is 3.48. The van der Waals surface area contributed by atoms with Gasteiger partial charge in [-0.05, 0) is 53.9 Å². The molecule has 1 atom stereocenters. The second-order valence-electron chi connectivity index (χ2n) is 9.09. The molecule has 0 radical (unpaired) electrons. The van der Waals surface area contributed by atoms with Crippen LogP contribution in [0.1, 0.15) is 44.6 Å². The molecule has 4 aromatic rings. The van der Waals surface area contributed by atoms with Gasteiger partial charge < -0.3 is 16.4 Å². The molecule has 0 fully saturated rings. The lowest BCUT2D eigenvalue weighted by Gasteiger charge is -2.12. The van der Waals surface area contributed by atoms with E-state index in [9.17, 15) is 27.6 Å². The minimum Gasteiger partial charge on any atom is -0.351 e. The van der Waals surface area contributed by atoms with E-state index in [4.69, 9.17) is 5.73 Å². The van der Waals surface area contributed by atoms with Gasteiger partial charge in [0.25, 0.3) is 5.91 Å². The molecule has 4 N–H and O–H groups in total. The van der Waals surface area contributed by atoms with Crippen LogP contribution in [0.3, 0.4) is 0 Å². The number of benzene rings is 3. The summed E-state index contributed by atoms with van der Waals surface area (Å²) in [4.78, 5) is 37.7. The summed E-state index contributed by atoms with van der Waals surface area (Å²) in [6, 6.07) is 18.0. The Morgan fingerprint density at radius 3 is 2.38 bits per heavy atom. The summed E-state index contributed by atoms with van der Waals surface area (Å²) < 4.78 is 41.6. The number of hydrogen-bond donors (Lipinski definition) is 3. The molecule has 0 saturated heterocycles. The van der Waals surface area contributed by atoms with Gasteiger partial charge in [0.15, 0.2) is 11.5 Å². The number of carbonyl (C=O) groups excluding carboxylic acids is 3. The number of anilines is 1. The molecule has 8 nitrogen and oxygen atoms in total. The van der Waals surface area contributed by atoms with Crippen LogP contribution in [0.4, 0.5) is 18.9 Å². The fourth-order valence-corrected chi connectivity index (χ4v) is 4.33. The zero-order valence-electron chi connectivity index (χ0n) is 20.5. The van der Waals surface area contributed by atoms with Crippen molar-refractivity contribution in [3.05, 3.63) is 101 Å². The molecule has 0 saturated carbocycles. The monoisotopic (exact) mass is 533 g/mol. The minimum absolute atomic E-state index is 0.0818. The highest BCUT2D eigenvalue weighted by Crippen LogP contribution is 2.38. The van der Waals surface area contributed by atoms with Crippen LogP contribution in [0.15, 0.2) is 72.8 Å². The van der Waals surface area contributed by atoms with Crippen molar-refractivity contribution in [1.29, 1.82) is 0 Å². The Kier molecular flexibility index (Phi) is 6.52. The molecule has 0 unspecified atom stereocenters. The van der Waals surface area contributed by atoms with Gasteiger partial charge in [-0.3, -0.25) is 14.4 Å². The van der Waals surface area contributed by atoms with Gasteiger partial charge in [0.1, 0.15) is 5.69 Å². The van der Waals surface area contributed by atoms with E-state index in [1.54, 1.807) is 48.5 Å². The lowest BCUT2D eigenvalue weighted by molar-refractivity contribution is -0.141. The van der Waals surface area contributed by atoms with Crippen LogP contribution < -0.4 is 16.4 Å². The molecule has 0 spiro atoms. The number of nitrogens with two attached hydrogens (primary N) is 1. The van der Waals surface area contributed by atoms with E-state index in [0.29, 0.717) is 39.6 Å². The molecule has 1 aliphatic carbocycles. The van der Waals surface area contributed by atoms with Crippen LogP contribution in [-0.4, -0.2) is 33.4 Å². The average molecular weight is 534 g/mol. The summed E-state index contributed by atoms with van der Waals surface area (Å²) in [5, 5.41) is 8.91. The standard InChI is InChI=1S/C28H22F3N5O3/c1-15(32)26(38)33-14-16-5-4-6-18(11-16)36-23(13-24(35-36)28(29,30)31)27(39)34-17-9-10-21-22(12-17)19-7-2-3-8-20(19)25(21)37/h2-13,15H,14,32H2,1H3,(H,33,38)(H,34,39)/t15-/m0/s1. The van der Waals surface area contributed by atoms with Crippen molar-refractivity contribution in [1.82, 2.24) is 15.1 Å². The molecule has 39 heavy (non-hydrogen) atoms. The zero-order chi connectivity index (χ0) is 27.9. The lowest BCUT2D eigenvalue weighted by Crippen LogP contribution is -2.37. The smallest absolute Gasteiger partial charge is 0.351 e. The Labute approximate surface area is 220 Å². The lowest BCUT2D eigenvalue weighted by atomic mass is 10.1. The fraction of sp³-hybridized carbons (Fsp3) is 0.143. The third kappa shape index (κ3) is 5.04. The van der Waals surface area contributed by atoms with Crippen molar-refractivity contribution in [2.24, 2.45) is 5.73 Å². The highest BCUT2D eigenvalue weighted by molar-refractivity contribution is 6.22. The van der Waals surface area contributed by atoms with Crippen molar-refractivity contribution in [2.75, 3.05) is 5.32 Å². The first-order valence-corrected chi connectivity index (χ1v) is 11.9. The number of hydrogen-bond acceptors (Lipinski definition) is 5. The highest BCUT2D eigenvalue weighted by atomic mass is 19.4. The summed E-state index contributed by atoms with van der Waals surface area (Å²) in [5.41, 5.74) is 7.38. The van der Waals surface area contributed by atoms with E-state index in [2.05, 4.69) is 15.7 Å². The number of nitrogens with zero attached hydrogens (tertiary/aromatic N) is 2. The molecular weight excluding hydrogens is 511 g/mol. The van der Waals surface area contributed by atoms with Gasteiger partial charge in [-0.25, -0.2) is 4.68 Å². The first-order chi connectivity index (χ1) is 18.5. The molecular formula is C28H22F3N5O3. The van der Waals surface area contributed by atoms with Crippen molar-refractivity contribution >= 4 is 23.3 Å². The van der Waals surface area contributed by atoms with Gasteiger partial charge in [-0.2, -0.15) is 18.3 Å². The second kappa shape index (κ2) is 9.84. The molecule has 0 bridgehead atoms. The maximum Gasteiger partial charge on any atom is 0.435 e. The summed E-state index contributed by atoms with van der Waals surface area (Å²) >= 11 is 0. The van der Waals surface area contributed by atoms with Gasteiger partial charge in [0.2, 0.25) is 5.91 Å². The van der Waals surface area contributed by atoms with Crippen molar-refractivity contribution in [3.63, 3.8) is 0 Å². The van der Waals surface area contributed by atoms with E-state index < -0.39 is 29.7 Å². The summed E-state index contributed by atoms with van der Waals surface area (Å²) in [7, 11) is 0. The Morgan fingerprint density at radius 2 is 1.67 bits per heavy atom. The van der Waals surface area contributed by atoms with E-state index in [1.807, 2.05) is 0 Å². The van der Waals surface area contributed by atoms with Crippen molar-refractivity contribution < 1.29 is 27.6 Å². The first kappa shape index (κ1) is 25.9. The van der Waals surface area contributed by atoms with Crippen molar-refractivity contribution in [3.8, 4) is 16.8 Å². The van der Waals surface area contributed by atoms with Crippen molar-refractivity contribution in [2.45, 2.75) is 25.7 Å². The third-order valence-electron chi connectivity index (χ3n) is 6.25. The number of alkyl halides is 3. The Balaban J connectivity index is 1.47. The number of rotatable bonds is 6. The maximum absolute atomic E-state index is 13.6. The highest BCUT2D eigenvalue weighted by Gasteiger charge is 2.36. The van der Waals surface area contributed by atoms with Crippen LogP contribution in [0, 0.1) is 0 Å².